The first-order valence-electron chi connectivity index (χ1n) is 7.01. The van der Waals surface area contributed by atoms with E-state index in [0.29, 0.717) is 24.8 Å². The first kappa shape index (κ1) is 12.6. The van der Waals surface area contributed by atoms with Gasteiger partial charge in [-0.3, -0.25) is 0 Å². The SMILES string of the molecule is CCOC(=O)c1nnn(CC2CCCO2)c1C1CC1. The van der Waals surface area contributed by atoms with E-state index in [1.54, 1.807) is 6.92 Å². The molecular weight excluding hydrogens is 246 g/mol. The molecule has 1 aromatic heterocycles. The third-order valence-electron chi connectivity index (χ3n) is 3.61. The summed E-state index contributed by atoms with van der Waals surface area (Å²) in [4.78, 5) is 11.9. The molecule has 19 heavy (non-hydrogen) atoms. The number of rotatable bonds is 5. The normalized spacial score (nSPS) is 22.7. The first-order valence-corrected chi connectivity index (χ1v) is 7.01. The lowest BCUT2D eigenvalue weighted by atomic mass is 10.2. The lowest BCUT2D eigenvalue weighted by molar-refractivity contribution is 0.0517. The van der Waals surface area contributed by atoms with Gasteiger partial charge >= 0.3 is 5.97 Å². The van der Waals surface area contributed by atoms with Gasteiger partial charge in [-0.1, -0.05) is 5.21 Å². The maximum Gasteiger partial charge on any atom is 0.360 e. The molecule has 6 nitrogen and oxygen atoms in total. The van der Waals surface area contributed by atoms with Crippen molar-refractivity contribution in [2.75, 3.05) is 13.2 Å². The van der Waals surface area contributed by atoms with Gasteiger partial charge in [0.05, 0.1) is 24.9 Å². The number of ether oxygens (including phenoxy) is 2. The number of carbonyl (C=O) groups is 1. The van der Waals surface area contributed by atoms with Gasteiger partial charge in [-0.2, -0.15) is 0 Å². The van der Waals surface area contributed by atoms with Gasteiger partial charge in [0, 0.05) is 12.5 Å². The van der Waals surface area contributed by atoms with Crippen molar-refractivity contribution in [2.24, 2.45) is 0 Å². The lowest BCUT2D eigenvalue weighted by Gasteiger charge is -2.11. The number of hydrogen-bond acceptors (Lipinski definition) is 5. The quantitative estimate of drug-likeness (QED) is 0.755. The smallest absolute Gasteiger partial charge is 0.360 e. The van der Waals surface area contributed by atoms with Crippen LogP contribution in [-0.4, -0.2) is 40.3 Å². The highest BCUT2D eigenvalue weighted by molar-refractivity contribution is 5.88. The Kier molecular flexibility index (Phi) is 3.50. The molecule has 0 bridgehead atoms. The van der Waals surface area contributed by atoms with Crippen molar-refractivity contribution in [3.05, 3.63) is 11.4 Å². The average Bonchev–Trinajstić information content (AvgIpc) is 2.95. The summed E-state index contributed by atoms with van der Waals surface area (Å²) in [7, 11) is 0. The number of nitrogens with zero attached hydrogens (tertiary/aromatic N) is 3. The van der Waals surface area contributed by atoms with Crippen LogP contribution in [0.5, 0.6) is 0 Å². The van der Waals surface area contributed by atoms with Crippen molar-refractivity contribution in [3.8, 4) is 0 Å². The molecule has 0 aromatic carbocycles. The van der Waals surface area contributed by atoms with Gasteiger partial charge in [0.1, 0.15) is 0 Å². The number of carbonyl (C=O) groups excluding carboxylic acids is 1. The second-order valence-corrected chi connectivity index (χ2v) is 5.14. The standard InChI is InChI=1S/C13H19N3O3/c1-2-18-13(17)11-12(9-5-6-9)16(15-14-11)8-10-4-3-7-19-10/h9-10H,2-8H2,1H3. The predicted molar refractivity (Wildman–Crippen MR) is 66.9 cm³/mol. The van der Waals surface area contributed by atoms with Crippen molar-refractivity contribution >= 4 is 5.97 Å². The van der Waals surface area contributed by atoms with E-state index in [2.05, 4.69) is 10.3 Å². The molecule has 0 radical (unpaired) electrons. The fourth-order valence-electron chi connectivity index (χ4n) is 2.54. The van der Waals surface area contributed by atoms with E-state index in [4.69, 9.17) is 9.47 Å². The van der Waals surface area contributed by atoms with Crippen LogP contribution < -0.4 is 0 Å². The topological polar surface area (TPSA) is 66.2 Å². The van der Waals surface area contributed by atoms with Gasteiger partial charge in [-0.25, -0.2) is 9.48 Å². The van der Waals surface area contributed by atoms with E-state index < -0.39 is 0 Å². The van der Waals surface area contributed by atoms with Crippen molar-refractivity contribution in [2.45, 2.75) is 51.2 Å². The monoisotopic (exact) mass is 265 g/mol. The first-order chi connectivity index (χ1) is 9.29. The van der Waals surface area contributed by atoms with Crippen molar-refractivity contribution < 1.29 is 14.3 Å². The molecule has 1 saturated carbocycles. The Morgan fingerprint density at radius 1 is 1.47 bits per heavy atom. The Morgan fingerprint density at radius 2 is 2.32 bits per heavy atom. The molecule has 0 spiro atoms. The average molecular weight is 265 g/mol. The molecule has 6 heteroatoms. The maximum atomic E-state index is 11.9. The Bertz CT molecular complexity index is 462. The second-order valence-electron chi connectivity index (χ2n) is 5.14. The summed E-state index contributed by atoms with van der Waals surface area (Å²) in [5, 5.41) is 8.15. The highest BCUT2D eigenvalue weighted by Gasteiger charge is 2.35. The van der Waals surface area contributed by atoms with Gasteiger partial charge in [0.25, 0.3) is 0 Å². The minimum Gasteiger partial charge on any atom is -0.461 e. The molecule has 1 unspecified atom stereocenters. The molecule has 0 amide bonds. The molecule has 1 aliphatic carbocycles. The summed E-state index contributed by atoms with van der Waals surface area (Å²) in [5.41, 5.74) is 1.33. The second kappa shape index (κ2) is 5.28. The van der Waals surface area contributed by atoms with Gasteiger partial charge in [0.15, 0.2) is 5.69 Å². The minimum absolute atomic E-state index is 0.203. The van der Waals surface area contributed by atoms with Crippen LogP contribution in [0.1, 0.15) is 54.7 Å². The number of aromatic nitrogens is 3. The molecule has 2 aliphatic rings. The molecular formula is C13H19N3O3. The highest BCUT2D eigenvalue weighted by Crippen LogP contribution is 2.41. The van der Waals surface area contributed by atoms with Crippen molar-refractivity contribution in [1.82, 2.24) is 15.0 Å². The van der Waals surface area contributed by atoms with Crippen LogP contribution in [0.4, 0.5) is 0 Å². The number of hydrogen-bond donors (Lipinski definition) is 0. The van der Waals surface area contributed by atoms with Gasteiger partial charge in [0.2, 0.25) is 0 Å². The van der Waals surface area contributed by atoms with Crippen LogP contribution in [0.15, 0.2) is 0 Å². The highest BCUT2D eigenvalue weighted by atomic mass is 16.5. The third-order valence-corrected chi connectivity index (χ3v) is 3.61. The van der Waals surface area contributed by atoms with E-state index in [1.807, 2.05) is 4.68 Å². The Hall–Kier alpha value is -1.43. The summed E-state index contributed by atoms with van der Waals surface area (Å²) < 4.78 is 12.5. The Morgan fingerprint density at radius 3 is 2.95 bits per heavy atom. The van der Waals surface area contributed by atoms with Crippen LogP contribution in [0.3, 0.4) is 0 Å². The van der Waals surface area contributed by atoms with E-state index in [1.165, 1.54) is 0 Å². The van der Waals surface area contributed by atoms with Crippen LogP contribution in [0.2, 0.25) is 0 Å². The fourth-order valence-corrected chi connectivity index (χ4v) is 2.54. The summed E-state index contributed by atoms with van der Waals surface area (Å²) in [6.07, 6.45) is 4.56. The molecule has 2 heterocycles. The molecule has 3 rings (SSSR count). The zero-order chi connectivity index (χ0) is 13.2. The molecule has 104 valence electrons. The van der Waals surface area contributed by atoms with E-state index in [0.717, 1.165) is 38.0 Å². The Balaban J connectivity index is 1.81. The summed E-state index contributed by atoms with van der Waals surface area (Å²) in [5.74, 6) is 0.0544. The molecule has 1 aliphatic heterocycles. The molecule has 0 N–H and O–H groups in total. The van der Waals surface area contributed by atoms with E-state index in [9.17, 15) is 4.79 Å². The van der Waals surface area contributed by atoms with Crippen LogP contribution in [0, 0.1) is 0 Å². The molecule has 1 saturated heterocycles. The Labute approximate surface area is 112 Å². The van der Waals surface area contributed by atoms with Gasteiger partial charge in [-0.15, -0.1) is 5.10 Å². The molecule has 1 aromatic rings. The van der Waals surface area contributed by atoms with Crippen LogP contribution in [0.25, 0.3) is 0 Å². The zero-order valence-corrected chi connectivity index (χ0v) is 11.2. The summed E-state index contributed by atoms with van der Waals surface area (Å²) >= 11 is 0. The summed E-state index contributed by atoms with van der Waals surface area (Å²) in [6.45, 7) is 3.67. The summed E-state index contributed by atoms with van der Waals surface area (Å²) in [6, 6.07) is 0. The van der Waals surface area contributed by atoms with E-state index in [-0.39, 0.29) is 12.1 Å². The van der Waals surface area contributed by atoms with E-state index >= 15 is 0 Å². The van der Waals surface area contributed by atoms with Gasteiger partial charge in [-0.05, 0) is 32.6 Å². The lowest BCUT2D eigenvalue weighted by Crippen LogP contribution is -2.18. The predicted octanol–water partition coefficient (Wildman–Crippen LogP) is 1.51. The molecule has 1 atom stereocenters. The van der Waals surface area contributed by atoms with Crippen LogP contribution in [-0.2, 0) is 16.0 Å². The maximum absolute atomic E-state index is 11.9. The number of esters is 1. The van der Waals surface area contributed by atoms with Gasteiger partial charge < -0.3 is 9.47 Å². The van der Waals surface area contributed by atoms with Crippen LogP contribution >= 0.6 is 0 Å². The van der Waals surface area contributed by atoms with Crippen molar-refractivity contribution in [1.29, 1.82) is 0 Å². The zero-order valence-electron chi connectivity index (χ0n) is 11.2. The fraction of sp³-hybridized carbons (Fsp3) is 0.769. The minimum atomic E-state index is -0.358. The third kappa shape index (κ3) is 2.63. The van der Waals surface area contributed by atoms with Crippen molar-refractivity contribution in [3.63, 3.8) is 0 Å². The molecule has 2 fully saturated rings. The largest absolute Gasteiger partial charge is 0.461 e.